The van der Waals surface area contributed by atoms with Crippen molar-refractivity contribution in [2.24, 2.45) is 0 Å². The fourth-order valence-electron chi connectivity index (χ4n) is 2.69. The number of carbonyl (C=O) groups is 1. The maximum Gasteiger partial charge on any atom is 0.322 e. The standard InChI is InChI=1S/C19H25N3O3S/c1-4-5-8-18(15-7-6-13-20-14-15)22(2)19(23)21-16-9-11-17(12-10-16)26(3,24)25/h6-7,9-14,18H,4-5,8H2,1-3H3,(H,21,23). The molecule has 0 saturated carbocycles. The molecule has 0 aliphatic rings. The summed E-state index contributed by atoms with van der Waals surface area (Å²) in [6, 6.07) is 9.67. The van der Waals surface area contributed by atoms with Gasteiger partial charge in [-0.05, 0) is 42.3 Å². The number of sulfone groups is 1. The maximum absolute atomic E-state index is 12.6. The first-order valence-electron chi connectivity index (χ1n) is 8.56. The molecule has 0 bridgehead atoms. The SMILES string of the molecule is CCCCC(c1cccnc1)N(C)C(=O)Nc1ccc(S(C)(=O)=O)cc1. The predicted octanol–water partition coefficient (Wildman–Crippen LogP) is 3.88. The van der Waals surface area contributed by atoms with Gasteiger partial charge in [-0.25, -0.2) is 13.2 Å². The smallest absolute Gasteiger partial charge is 0.320 e. The minimum Gasteiger partial charge on any atom is -0.320 e. The first kappa shape index (κ1) is 19.9. The number of nitrogens with zero attached hydrogens (tertiary/aromatic N) is 2. The number of urea groups is 1. The fourth-order valence-corrected chi connectivity index (χ4v) is 3.32. The Kier molecular flexibility index (Phi) is 6.74. The number of pyridine rings is 1. The Morgan fingerprint density at radius 1 is 1.23 bits per heavy atom. The number of rotatable bonds is 7. The number of aromatic nitrogens is 1. The second-order valence-electron chi connectivity index (χ2n) is 6.28. The predicted molar refractivity (Wildman–Crippen MR) is 103 cm³/mol. The minimum absolute atomic E-state index is 0.0704. The quantitative estimate of drug-likeness (QED) is 0.796. The molecule has 0 aliphatic carbocycles. The molecule has 1 N–H and O–H groups in total. The van der Waals surface area contributed by atoms with Crippen molar-refractivity contribution in [1.82, 2.24) is 9.88 Å². The molecule has 1 atom stereocenters. The van der Waals surface area contributed by atoms with E-state index in [4.69, 9.17) is 0 Å². The van der Waals surface area contributed by atoms with E-state index in [1.54, 1.807) is 36.5 Å². The zero-order chi connectivity index (χ0) is 19.2. The van der Waals surface area contributed by atoms with Crippen LogP contribution in [0.3, 0.4) is 0 Å². The molecule has 1 aromatic heterocycles. The van der Waals surface area contributed by atoms with Crippen molar-refractivity contribution in [2.45, 2.75) is 37.1 Å². The highest BCUT2D eigenvalue weighted by molar-refractivity contribution is 7.90. The minimum atomic E-state index is -3.25. The molecule has 0 radical (unpaired) electrons. The number of unbranched alkanes of at least 4 members (excludes halogenated alkanes) is 1. The van der Waals surface area contributed by atoms with Crippen LogP contribution in [-0.2, 0) is 9.84 Å². The van der Waals surface area contributed by atoms with Crippen LogP contribution in [0.4, 0.5) is 10.5 Å². The first-order chi connectivity index (χ1) is 12.3. The zero-order valence-corrected chi connectivity index (χ0v) is 16.2. The largest absolute Gasteiger partial charge is 0.322 e. The molecular formula is C19H25N3O3S. The monoisotopic (exact) mass is 375 g/mol. The van der Waals surface area contributed by atoms with E-state index in [9.17, 15) is 13.2 Å². The molecule has 0 saturated heterocycles. The molecule has 1 unspecified atom stereocenters. The van der Waals surface area contributed by atoms with Crippen molar-refractivity contribution < 1.29 is 13.2 Å². The summed E-state index contributed by atoms with van der Waals surface area (Å²) in [5, 5.41) is 2.82. The van der Waals surface area contributed by atoms with Crippen LogP contribution >= 0.6 is 0 Å². The average molecular weight is 375 g/mol. The van der Waals surface area contributed by atoms with E-state index in [1.807, 2.05) is 12.1 Å². The normalized spacial score (nSPS) is 12.4. The Balaban J connectivity index is 2.13. The van der Waals surface area contributed by atoms with Crippen molar-refractivity contribution in [3.8, 4) is 0 Å². The zero-order valence-electron chi connectivity index (χ0n) is 15.3. The van der Waals surface area contributed by atoms with Crippen molar-refractivity contribution in [2.75, 3.05) is 18.6 Å². The second kappa shape index (κ2) is 8.80. The highest BCUT2D eigenvalue weighted by Gasteiger charge is 2.21. The van der Waals surface area contributed by atoms with Crippen molar-refractivity contribution in [1.29, 1.82) is 0 Å². The van der Waals surface area contributed by atoms with Crippen LogP contribution in [0.2, 0.25) is 0 Å². The molecule has 2 aromatic rings. The molecule has 1 heterocycles. The fraction of sp³-hybridized carbons (Fsp3) is 0.368. The van der Waals surface area contributed by atoms with Gasteiger partial charge < -0.3 is 10.2 Å². The Bertz CT molecular complexity index is 821. The van der Waals surface area contributed by atoms with Gasteiger partial charge in [0.05, 0.1) is 10.9 Å². The van der Waals surface area contributed by atoms with E-state index in [0.717, 1.165) is 31.1 Å². The highest BCUT2D eigenvalue weighted by atomic mass is 32.2. The van der Waals surface area contributed by atoms with Gasteiger partial charge in [-0.2, -0.15) is 0 Å². The Hall–Kier alpha value is -2.41. The maximum atomic E-state index is 12.6. The lowest BCUT2D eigenvalue weighted by atomic mass is 10.0. The van der Waals surface area contributed by atoms with Gasteiger partial charge >= 0.3 is 6.03 Å². The van der Waals surface area contributed by atoms with Crippen LogP contribution in [0.15, 0.2) is 53.7 Å². The van der Waals surface area contributed by atoms with Gasteiger partial charge in [-0.1, -0.05) is 25.8 Å². The van der Waals surface area contributed by atoms with E-state index >= 15 is 0 Å². The number of hydrogen-bond acceptors (Lipinski definition) is 4. The highest BCUT2D eigenvalue weighted by Crippen LogP contribution is 2.25. The van der Waals surface area contributed by atoms with Crippen molar-refractivity contribution in [3.63, 3.8) is 0 Å². The van der Waals surface area contributed by atoms with Crippen LogP contribution in [0, 0.1) is 0 Å². The Labute approximate surface area is 155 Å². The number of amides is 2. The van der Waals surface area contributed by atoms with Gasteiger partial charge in [0.1, 0.15) is 0 Å². The third-order valence-corrected chi connectivity index (χ3v) is 5.35. The molecule has 7 heteroatoms. The van der Waals surface area contributed by atoms with Crippen LogP contribution in [0.25, 0.3) is 0 Å². The molecule has 1 aromatic carbocycles. The lowest BCUT2D eigenvalue weighted by molar-refractivity contribution is 0.199. The summed E-state index contributed by atoms with van der Waals surface area (Å²) in [6.45, 7) is 2.11. The second-order valence-corrected chi connectivity index (χ2v) is 8.30. The number of nitrogens with one attached hydrogen (secondary N) is 1. The third-order valence-electron chi connectivity index (χ3n) is 4.22. The molecule has 0 aliphatic heterocycles. The molecule has 0 fully saturated rings. The Morgan fingerprint density at radius 2 is 1.92 bits per heavy atom. The summed E-state index contributed by atoms with van der Waals surface area (Å²) >= 11 is 0. The summed E-state index contributed by atoms with van der Waals surface area (Å²) in [6.07, 6.45) is 7.54. The van der Waals surface area contributed by atoms with E-state index in [2.05, 4.69) is 17.2 Å². The van der Waals surface area contributed by atoms with Crippen LogP contribution in [0.5, 0.6) is 0 Å². The first-order valence-corrected chi connectivity index (χ1v) is 10.5. The van der Waals surface area contributed by atoms with Crippen molar-refractivity contribution >= 4 is 21.6 Å². The third kappa shape index (κ3) is 5.29. The summed E-state index contributed by atoms with van der Waals surface area (Å²) in [5.74, 6) is 0. The van der Waals surface area contributed by atoms with E-state index < -0.39 is 9.84 Å². The molecule has 6 nitrogen and oxygen atoms in total. The van der Waals surface area contributed by atoms with Gasteiger partial charge in [-0.15, -0.1) is 0 Å². The summed E-state index contributed by atoms with van der Waals surface area (Å²) < 4.78 is 23.0. The van der Waals surface area contributed by atoms with E-state index in [1.165, 1.54) is 12.1 Å². The number of anilines is 1. The lowest BCUT2D eigenvalue weighted by Gasteiger charge is -2.28. The van der Waals surface area contributed by atoms with Gasteiger partial charge in [0.25, 0.3) is 0 Å². The summed E-state index contributed by atoms with van der Waals surface area (Å²) in [5.41, 5.74) is 1.54. The van der Waals surface area contributed by atoms with E-state index in [0.29, 0.717) is 5.69 Å². The number of hydrogen-bond donors (Lipinski definition) is 1. The molecule has 0 spiro atoms. The van der Waals surface area contributed by atoms with Crippen molar-refractivity contribution in [3.05, 3.63) is 54.4 Å². The van der Waals surface area contributed by atoms with Crippen LogP contribution < -0.4 is 5.32 Å². The topological polar surface area (TPSA) is 79.4 Å². The Morgan fingerprint density at radius 3 is 2.46 bits per heavy atom. The molecule has 2 rings (SSSR count). The number of benzene rings is 1. The van der Waals surface area contributed by atoms with Gasteiger partial charge in [0.15, 0.2) is 9.84 Å². The van der Waals surface area contributed by atoms with Crippen LogP contribution in [-0.4, -0.2) is 37.6 Å². The van der Waals surface area contributed by atoms with E-state index in [-0.39, 0.29) is 17.0 Å². The molecule has 140 valence electrons. The molecular weight excluding hydrogens is 350 g/mol. The van der Waals surface area contributed by atoms with Gasteiger partial charge in [-0.3, -0.25) is 4.98 Å². The van der Waals surface area contributed by atoms with Gasteiger partial charge in [0, 0.05) is 31.4 Å². The summed E-state index contributed by atoms with van der Waals surface area (Å²) in [4.78, 5) is 18.7. The average Bonchev–Trinajstić information content (AvgIpc) is 2.62. The van der Waals surface area contributed by atoms with Crippen LogP contribution in [0.1, 0.15) is 37.8 Å². The molecule has 26 heavy (non-hydrogen) atoms. The lowest BCUT2D eigenvalue weighted by Crippen LogP contribution is -2.35. The summed E-state index contributed by atoms with van der Waals surface area (Å²) in [7, 11) is -1.50. The number of carbonyl (C=O) groups excluding carboxylic acids is 1. The van der Waals surface area contributed by atoms with Gasteiger partial charge in [0.2, 0.25) is 0 Å². The molecule has 2 amide bonds.